The molecule has 1 amide bonds. The predicted octanol–water partition coefficient (Wildman–Crippen LogP) is 3.19. The van der Waals surface area contributed by atoms with Crippen molar-refractivity contribution in [2.75, 3.05) is 6.54 Å². The van der Waals surface area contributed by atoms with Crippen molar-refractivity contribution in [1.82, 2.24) is 5.32 Å². The highest BCUT2D eigenvalue weighted by Crippen LogP contribution is 2.26. The molecule has 0 atom stereocenters. The molecule has 0 bridgehead atoms. The minimum absolute atomic E-state index is 0.0232. The molecular weight excluding hydrogens is 318 g/mol. The van der Waals surface area contributed by atoms with E-state index in [1.807, 2.05) is 24.3 Å². The Morgan fingerprint density at radius 1 is 1.15 bits per heavy atom. The number of rotatable bonds is 4. The van der Waals surface area contributed by atoms with E-state index in [9.17, 15) is 9.90 Å². The first-order chi connectivity index (χ1) is 9.57. The largest absolute Gasteiger partial charge is 0.388 e. The van der Waals surface area contributed by atoms with Gasteiger partial charge in [0, 0.05) is 11.0 Å². The number of carbonyl (C=O) groups is 1. The van der Waals surface area contributed by atoms with Crippen molar-refractivity contribution in [2.24, 2.45) is 0 Å². The SMILES string of the molecule is O=C(Cc1ccc(Br)cc1)NCC1(O)CCCCCC1. The number of hydrogen-bond acceptors (Lipinski definition) is 2. The van der Waals surface area contributed by atoms with Gasteiger partial charge in [-0.3, -0.25) is 4.79 Å². The lowest BCUT2D eigenvalue weighted by molar-refractivity contribution is -0.121. The lowest BCUT2D eigenvalue weighted by atomic mass is 9.94. The molecule has 1 aliphatic carbocycles. The van der Waals surface area contributed by atoms with Crippen molar-refractivity contribution < 1.29 is 9.90 Å². The molecule has 4 heteroatoms. The zero-order valence-electron chi connectivity index (χ0n) is 11.7. The summed E-state index contributed by atoms with van der Waals surface area (Å²) in [7, 11) is 0. The maximum atomic E-state index is 11.9. The van der Waals surface area contributed by atoms with Crippen molar-refractivity contribution in [3.63, 3.8) is 0 Å². The van der Waals surface area contributed by atoms with Crippen LogP contribution in [0.4, 0.5) is 0 Å². The first kappa shape index (κ1) is 15.5. The van der Waals surface area contributed by atoms with Gasteiger partial charge in [-0.05, 0) is 30.5 Å². The fourth-order valence-corrected chi connectivity index (χ4v) is 2.94. The average Bonchev–Trinajstić information content (AvgIpc) is 2.65. The summed E-state index contributed by atoms with van der Waals surface area (Å²) in [5, 5.41) is 13.4. The monoisotopic (exact) mass is 339 g/mol. The molecule has 1 fully saturated rings. The Hall–Kier alpha value is -0.870. The molecular formula is C16H22BrNO2. The molecule has 0 saturated heterocycles. The molecule has 0 radical (unpaired) electrons. The zero-order valence-corrected chi connectivity index (χ0v) is 13.3. The summed E-state index contributed by atoms with van der Waals surface area (Å²) in [4.78, 5) is 11.9. The smallest absolute Gasteiger partial charge is 0.224 e. The van der Waals surface area contributed by atoms with Gasteiger partial charge in [-0.1, -0.05) is 53.7 Å². The molecule has 1 aliphatic rings. The standard InChI is InChI=1S/C16H22BrNO2/c17-14-7-5-13(6-8-14)11-15(19)18-12-16(20)9-3-1-2-4-10-16/h5-8,20H,1-4,9-12H2,(H,18,19). The van der Waals surface area contributed by atoms with Gasteiger partial charge in [0.15, 0.2) is 0 Å². The van der Waals surface area contributed by atoms with Gasteiger partial charge in [0.25, 0.3) is 0 Å². The summed E-state index contributed by atoms with van der Waals surface area (Å²) < 4.78 is 1.01. The maximum Gasteiger partial charge on any atom is 0.224 e. The molecule has 2 N–H and O–H groups in total. The normalized spacial score (nSPS) is 18.3. The predicted molar refractivity (Wildman–Crippen MR) is 83.5 cm³/mol. The number of aliphatic hydroxyl groups is 1. The molecule has 0 heterocycles. The van der Waals surface area contributed by atoms with Crippen molar-refractivity contribution in [3.8, 4) is 0 Å². The van der Waals surface area contributed by atoms with Crippen LogP contribution in [-0.4, -0.2) is 23.2 Å². The number of hydrogen-bond donors (Lipinski definition) is 2. The summed E-state index contributed by atoms with van der Waals surface area (Å²) in [6, 6.07) is 7.73. The van der Waals surface area contributed by atoms with Crippen LogP contribution < -0.4 is 5.32 Å². The third-order valence-corrected chi connectivity index (χ3v) is 4.46. The van der Waals surface area contributed by atoms with E-state index in [4.69, 9.17) is 0 Å². The average molecular weight is 340 g/mol. The van der Waals surface area contributed by atoms with Crippen LogP contribution in [0.25, 0.3) is 0 Å². The van der Waals surface area contributed by atoms with E-state index < -0.39 is 5.60 Å². The van der Waals surface area contributed by atoms with Crippen LogP contribution in [0, 0.1) is 0 Å². The number of amides is 1. The fourth-order valence-electron chi connectivity index (χ4n) is 2.68. The van der Waals surface area contributed by atoms with Gasteiger partial charge in [-0.15, -0.1) is 0 Å². The minimum atomic E-state index is -0.703. The third-order valence-electron chi connectivity index (χ3n) is 3.93. The van der Waals surface area contributed by atoms with Gasteiger partial charge in [-0.2, -0.15) is 0 Å². The molecule has 2 rings (SSSR count). The third kappa shape index (κ3) is 4.91. The van der Waals surface area contributed by atoms with E-state index in [1.54, 1.807) is 0 Å². The summed E-state index contributed by atoms with van der Waals surface area (Å²) in [6.07, 6.45) is 6.45. The molecule has 0 aromatic heterocycles. The highest BCUT2D eigenvalue weighted by molar-refractivity contribution is 9.10. The summed E-state index contributed by atoms with van der Waals surface area (Å²) in [5.41, 5.74) is 0.282. The van der Waals surface area contributed by atoms with Crippen molar-refractivity contribution >= 4 is 21.8 Å². The van der Waals surface area contributed by atoms with Gasteiger partial charge < -0.3 is 10.4 Å². The maximum absolute atomic E-state index is 11.9. The first-order valence-electron chi connectivity index (χ1n) is 7.31. The Balaban J connectivity index is 1.80. The van der Waals surface area contributed by atoms with E-state index in [2.05, 4.69) is 21.2 Å². The topological polar surface area (TPSA) is 49.3 Å². The van der Waals surface area contributed by atoms with Gasteiger partial charge in [-0.25, -0.2) is 0 Å². The van der Waals surface area contributed by atoms with E-state index in [-0.39, 0.29) is 5.91 Å². The van der Waals surface area contributed by atoms with Crippen LogP contribution >= 0.6 is 15.9 Å². The van der Waals surface area contributed by atoms with Crippen LogP contribution in [0.5, 0.6) is 0 Å². The molecule has 3 nitrogen and oxygen atoms in total. The van der Waals surface area contributed by atoms with Crippen molar-refractivity contribution in [3.05, 3.63) is 34.3 Å². The molecule has 110 valence electrons. The van der Waals surface area contributed by atoms with Crippen LogP contribution in [0.3, 0.4) is 0 Å². The molecule has 0 aliphatic heterocycles. The number of nitrogens with one attached hydrogen (secondary N) is 1. The van der Waals surface area contributed by atoms with Crippen LogP contribution in [0.2, 0.25) is 0 Å². The Morgan fingerprint density at radius 2 is 1.75 bits per heavy atom. The van der Waals surface area contributed by atoms with E-state index in [0.717, 1.165) is 35.7 Å². The molecule has 0 unspecified atom stereocenters. The molecule has 1 saturated carbocycles. The lowest BCUT2D eigenvalue weighted by Crippen LogP contribution is -2.43. The van der Waals surface area contributed by atoms with Crippen LogP contribution in [-0.2, 0) is 11.2 Å². The van der Waals surface area contributed by atoms with E-state index >= 15 is 0 Å². The number of carbonyl (C=O) groups excluding carboxylic acids is 1. The van der Waals surface area contributed by atoms with E-state index in [1.165, 1.54) is 12.8 Å². The summed E-state index contributed by atoms with van der Waals surface area (Å²) >= 11 is 3.38. The van der Waals surface area contributed by atoms with Crippen molar-refractivity contribution in [1.29, 1.82) is 0 Å². The molecule has 0 spiro atoms. The zero-order chi connectivity index (χ0) is 14.4. The molecule has 20 heavy (non-hydrogen) atoms. The second kappa shape index (κ2) is 7.23. The van der Waals surface area contributed by atoms with Crippen molar-refractivity contribution in [2.45, 2.75) is 50.5 Å². The van der Waals surface area contributed by atoms with Gasteiger partial charge >= 0.3 is 0 Å². The van der Waals surface area contributed by atoms with Gasteiger partial charge in [0.1, 0.15) is 0 Å². The van der Waals surface area contributed by atoms with Gasteiger partial charge in [0.2, 0.25) is 5.91 Å². The second-order valence-electron chi connectivity index (χ2n) is 5.72. The van der Waals surface area contributed by atoms with Crippen LogP contribution in [0.15, 0.2) is 28.7 Å². The quantitative estimate of drug-likeness (QED) is 0.827. The summed E-state index contributed by atoms with van der Waals surface area (Å²) in [6.45, 7) is 0.377. The highest BCUT2D eigenvalue weighted by atomic mass is 79.9. The summed E-state index contributed by atoms with van der Waals surface area (Å²) in [5.74, 6) is -0.0232. The highest BCUT2D eigenvalue weighted by Gasteiger charge is 2.28. The fraction of sp³-hybridized carbons (Fsp3) is 0.562. The Bertz CT molecular complexity index is 436. The Morgan fingerprint density at radius 3 is 2.35 bits per heavy atom. The Kier molecular flexibility index (Phi) is 5.61. The minimum Gasteiger partial charge on any atom is -0.388 e. The molecule has 1 aromatic rings. The van der Waals surface area contributed by atoms with Crippen LogP contribution in [0.1, 0.15) is 44.1 Å². The number of benzene rings is 1. The Labute approximate surface area is 128 Å². The van der Waals surface area contributed by atoms with E-state index in [0.29, 0.717) is 13.0 Å². The lowest BCUT2D eigenvalue weighted by Gasteiger charge is -2.26. The first-order valence-corrected chi connectivity index (χ1v) is 8.10. The molecule has 1 aromatic carbocycles. The second-order valence-corrected chi connectivity index (χ2v) is 6.63. The number of halogens is 1. The van der Waals surface area contributed by atoms with Gasteiger partial charge in [0.05, 0.1) is 12.0 Å².